The second kappa shape index (κ2) is 6.74. The van der Waals surface area contributed by atoms with E-state index in [1.54, 1.807) is 0 Å². The average molecular weight is 280 g/mol. The molecule has 0 nitrogen and oxygen atoms in total. The number of hydrogen-bond donors (Lipinski definition) is 0. The van der Waals surface area contributed by atoms with Crippen LogP contribution in [0.4, 0.5) is 0 Å². The lowest BCUT2D eigenvalue weighted by Gasteiger charge is -2.13. The fourth-order valence-corrected chi connectivity index (χ4v) is 2.75. The summed E-state index contributed by atoms with van der Waals surface area (Å²) in [4.78, 5) is 0. The largest absolute Gasteiger partial charge is 0.123 e. The molecule has 0 aliphatic heterocycles. The molecule has 3 heteroatoms. The summed E-state index contributed by atoms with van der Waals surface area (Å²) >= 11 is 18.4. The molecule has 0 spiro atoms. The Morgan fingerprint density at radius 2 is 1.69 bits per heavy atom. The highest BCUT2D eigenvalue weighted by Crippen LogP contribution is 2.27. The highest BCUT2D eigenvalue weighted by Gasteiger charge is 2.10. The highest BCUT2D eigenvalue weighted by molar-refractivity contribution is 6.36. The van der Waals surface area contributed by atoms with Gasteiger partial charge in [0.1, 0.15) is 0 Å². The van der Waals surface area contributed by atoms with Gasteiger partial charge in [0.05, 0.1) is 0 Å². The smallest absolute Gasteiger partial charge is 0.0452 e. The summed E-state index contributed by atoms with van der Waals surface area (Å²) in [5, 5.41) is 1.68. The first-order chi connectivity index (χ1) is 7.50. The Hall–Kier alpha value is 0.0900. The summed E-state index contributed by atoms with van der Waals surface area (Å²) in [5.74, 6) is 0.629. The van der Waals surface area contributed by atoms with Crippen LogP contribution in [0.15, 0.2) is 18.2 Å². The van der Waals surface area contributed by atoms with Crippen LogP contribution >= 0.6 is 34.8 Å². The van der Waals surface area contributed by atoms with Crippen molar-refractivity contribution in [2.45, 2.75) is 38.5 Å². The van der Waals surface area contributed by atoms with E-state index in [1.165, 1.54) is 0 Å². The zero-order valence-electron chi connectivity index (χ0n) is 9.64. The Balaban J connectivity index is 2.54. The van der Waals surface area contributed by atoms with Crippen LogP contribution in [0.2, 0.25) is 10.0 Å². The molecule has 0 aliphatic carbocycles. The zero-order chi connectivity index (χ0) is 12.1. The van der Waals surface area contributed by atoms with Crippen molar-refractivity contribution >= 4 is 34.8 Å². The SMILES string of the molecule is CC(C)CC(Cl)CCc1c(Cl)cccc1Cl. The van der Waals surface area contributed by atoms with Crippen LogP contribution in [-0.4, -0.2) is 5.38 Å². The van der Waals surface area contributed by atoms with Gasteiger partial charge in [0, 0.05) is 15.4 Å². The summed E-state index contributed by atoms with van der Waals surface area (Å²) in [6.07, 6.45) is 2.80. The van der Waals surface area contributed by atoms with Crippen LogP contribution in [-0.2, 0) is 6.42 Å². The topological polar surface area (TPSA) is 0 Å². The predicted molar refractivity (Wildman–Crippen MR) is 73.9 cm³/mol. The Morgan fingerprint density at radius 3 is 2.19 bits per heavy atom. The van der Waals surface area contributed by atoms with Crippen LogP contribution in [0.3, 0.4) is 0 Å². The van der Waals surface area contributed by atoms with Gasteiger partial charge in [-0.05, 0) is 42.9 Å². The molecule has 1 aromatic carbocycles. The molecule has 1 rings (SSSR count). The first-order valence-electron chi connectivity index (χ1n) is 5.57. The second-order valence-electron chi connectivity index (χ2n) is 4.47. The van der Waals surface area contributed by atoms with Crippen molar-refractivity contribution in [3.63, 3.8) is 0 Å². The maximum absolute atomic E-state index is 6.24. The summed E-state index contributed by atoms with van der Waals surface area (Å²) in [6.45, 7) is 4.36. The third-order valence-corrected chi connectivity index (χ3v) is 3.60. The van der Waals surface area contributed by atoms with Crippen LogP contribution < -0.4 is 0 Å². The van der Waals surface area contributed by atoms with Crippen LogP contribution in [0.5, 0.6) is 0 Å². The fraction of sp³-hybridized carbons (Fsp3) is 0.538. The van der Waals surface area contributed by atoms with E-state index in [2.05, 4.69) is 13.8 Å². The molecule has 0 heterocycles. The minimum Gasteiger partial charge on any atom is -0.123 e. The molecule has 1 atom stereocenters. The molecule has 0 radical (unpaired) electrons. The van der Waals surface area contributed by atoms with Gasteiger partial charge >= 0.3 is 0 Å². The molecule has 90 valence electrons. The summed E-state index contributed by atoms with van der Waals surface area (Å²) in [5.41, 5.74) is 1.01. The third-order valence-electron chi connectivity index (χ3n) is 2.50. The Morgan fingerprint density at radius 1 is 1.12 bits per heavy atom. The fourth-order valence-electron chi connectivity index (χ4n) is 1.70. The van der Waals surface area contributed by atoms with E-state index in [9.17, 15) is 0 Å². The van der Waals surface area contributed by atoms with E-state index in [-0.39, 0.29) is 5.38 Å². The summed E-state index contributed by atoms with van der Waals surface area (Å²) < 4.78 is 0. The third kappa shape index (κ3) is 4.53. The standard InChI is InChI=1S/C13H17Cl3/c1-9(2)8-10(14)6-7-11-12(15)4-3-5-13(11)16/h3-5,9-10H,6-8H2,1-2H3. The molecule has 0 amide bonds. The van der Waals surface area contributed by atoms with E-state index < -0.39 is 0 Å². The van der Waals surface area contributed by atoms with Gasteiger partial charge in [-0.3, -0.25) is 0 Å². The lowest BCUT2D eigenvalue weighted by atomic mass is 10.0. The predicted octanol–water partition coefficient (Wildman–Crippen LogP) is 5.58. The van der Waals surface area contributed by atoms with Crippen LogP contribution in [0, 0.1) is 5.92 Å². The Labute approximate surface area is 113 Å². The Bertz CT molecular complexity index is 314. The van der Waals surface area contributed by atoms with Crippen molar-refractivity contribution in [3.8, 4) is 0 Å². The van der Waals surface area contributed by atoms with E-state index in [4.69, 9.17) is 34.8 Å². The number of alkyl halides is 1. The molecule has 0 saturated heterocycles. The first-order valence-corrected chi connectivity index (χ1v) is 6.77. The summed E-state index contributed by atoms with van der Waals surface area (Å²) in [6, 6.07) is 5.60. The summed E-state index contributed by atoms with van der Waals surface area (Å²) in [7, 11) is 0. The van der Waals surface area contributed by atoms with Gasteiger partial charge in [0.2, 0.25) is 0 Å². The number of hydrogen-bond acceptors (Lipinski definition) is 0. The minimum absolute atomic E-state index is 0.201. The van der Waals surface area contributed by atoms with Gasteiger partial charge in [-0.25, -0.2) is 0 Å². The highest BCUT2D eigenvalue weighted by atomic mass is 35.5. The maximum Gasteiger partial charge on any atom is 0.0452 e. The quantitative estimate of drug-likeness (QED) is 0.617. The number of rotatable bonds is 5. The monoisotopic (exact) mass is 278 g/mol. The first kappa shape index (κ1) is 14.2. The second-order valence-corrected chi connectivity index (χ2v) is 5.90. The van der Waals surface area contributed by atoms with E-state index in [0.29, 0.717) is 5.92 Å². The lowest BCUT2D eigenvalue weighted by Crippen LogP contribution is -2.05. The maximum atomic E-state index is 6.24. The molecule has 0 aliphatic rings. The van der Waals surface area contributed by atoms with Crippen LogP contribution in [0.25, 0.3) is 0 Å². The van der Waals surface area contributed by atoms with Crippen molar-refractivity contribution in [3.05, 3.63) is 33.8 Å². The van der Waals surface area contributed by atoms with Crippen molar-refractivity contribution in [1.29, 1.82) is 0 Å². The van der Waals surface area contributed by atoms with E-state index in [0.717, 1.165) is 34.9 Å². The van der Waals surface area contributed by atoms with Crippen molar-refractivity contribution < 1.29 is 0 Å². The molecular weight excluding hydrogens is 263 g/mol. The molecule has 0 saturated carbocycles. The number of benzene rings is 1. The van der Waals surface area contributed by atoms with Gasteiger partial charge in [-0.1, -0.05) is 43.1 Å². The van der Waals surface area contributed by atoms with Crippen molar-refractivity contribution in [1.82, 2.24) is 0 Å². The molecule has 0 aromatic heterocycles. The van der Waals surface area contributed by atoms with Gasteiger partial charge in [-0.15, -0.1) is 11.6 Å². The van der Waals surface area contributed by atoms with Gasteiger partial charge in [0.15, 0.2) is 0 Å². The average Bonchev–Trinajstić information content (AvgIpc) is 2.15. The van der Waals surface area contributed by atoms with Crippen LogP contribution in [0.1, 0.15) is 32.3 Å². The normalized spacial score (nSPS) is 13.1. The molecule has 0 fully saturated rings. The van der Waals surface area contributed by atoms with Gasteiger partial charge in [-0.2, -0.15) is 0 Å². The lowest BCUT2D eigenvalue weighted by molar-refractivity contribution is 0.544. The van der Waals surface area contributed by atoms with E-state index >= 15 is 0 Å². The van der Waals surface area contributed by atoms with Crippen molar-refractivity contribution in [2.75, 3.05) is 0 Å². The molecule has 1 unspecified atom stereocenters. The van der Waals surface area contributed by atoms with Gasteiger partial charge < -0.3 is 0 Å². The molecule has 1 aromatic rings. The Kier molecular flexibility index (Phi) is 5.96. The molecule has 0 bridgehead atoms. The molecule has 0 N–H and O–H groups in total. The zero-order valence-corrected chi connectivity index (χ0v) is 11.9. The molecule has 16 heavy (non-hydrogen) atoms. The van der Waals surface area contributed by atoms with E-state index in [1.807, 2.05) is 18.2 Å². The minimum atomic E-state index is 0.201. The van der Waals surface area contributed by atoms with Gasteiger partial charge in [0.25, 0.3) is 0 Å². The number of halogens is 3. The molecular formula is C13H17Cl3. The van der Waals surface area contributed by atoms with Crippen molar-refractivity contribution in [2.24, 2.45) is 5.92 Å².